The highest BCUT2D eigenvalue weighted by atomic mass is 35.5. The summed E-state index contributed by atoms with van der Waals surface area (Å²) < 4.78 is 15.9. The van der Waals surface area contributed by atoms with Gasteiger partial charge in [0.2, 0.25) is 0 Å². The summed E-state index contributed by atoms with van der Waals surface area (Å²) in [5.41, 5.74) is 5.08. The van der Waals surface area contributed by atoms with Gasteiger partial charge in [-0.2, -0.15) is 0 Å². The van der Waals surface area contributed by atoms with Crippen molar-refractivity contribution in [2.45, 2.75) is 25.4 Å². The van der Waals surface area contributed by atoms with Crippen LogP contribution in [0, 0.1) is 5.82 Å². The van der Waals surface area contributed by atoms with Crippen LogP contribution in [0.2, 0.25) is 5.02 Å². The lowest BCUT2D eigenvalue weighted by Gasteiger charge is -2.24. The number of likely N-dealkylation sites (N-methyl/N-ethyl adjacent to an activating group) is 1. The van der Waals surface area contributed by atoms with Gasteiger partial charge in [-0.1, -0.05) is 29.8 Å². The molecule has 6 heteroatoms. The summed E-state index contributed by atoms with van der Waals surface area (Å²) in [5, 5.41) is 0.796. The van der Waals surface area contributed by atoms with Gasteiger partial charge in [-0.25, -0.2) is 9.37 Å². The molecule has 0 bridgehead atoms. The minimum atomic E-state index is -0.245. The van der Waals surface area contributed by atoms with Crippen LogP contribution in [0.25, 0.3) is 22.5 Å². The fourth-order valence-electron chi connectivity index (χ4n) is 4.58. The third-order valence-corrected chi connectivity index (χ3v) is 6.41. The number of rotatable bonds is 6. The van der Waals surface area contributed by atoms with Gasteiger partial charge in [0, 0.05) is 54.1 Å². The number of imidazole rings is 1. The monoisotopic (exact) mass is 446 g/mol. The second kappa shape index (κ2) is 8.85. The SMILES string of the molecule is CN(Cc1ccccc1Cl)C[C@@H]1CCc2nc(-c3ccc(F)cc3)c(-c3ccncc3)n21. The van der Waals surface area contributed by atoms with Crippen LogP contribution in [0.5, 0.6) is 0 Å². The number of hydrogen-bond acceptors (Lipinski definition) is 3. The number of pyridine rings is 1. The highest BCUT2D eigenvalue weighted by Gasteiger charge is 2.30. The summed E-state index contributed by atoms with van der Waals surface area (Å²) in [6, 6.07) is 18.9. The van der Waals surface area contributed by atoms with E-state index in [2.05, 4.69) is 27.6 Å². The maximum absolute atomic E-state index is 13.6. The first-order valence-corrected chi connectivity index (χ1v) is 11.2. The van der Waals surface area contributed by atoms with E-state index in [-0.39, 0.29) is 5.82 Å². The molecule has 0 saturated carbocycles. The van der Waals surface area contributed by atoms with E-state index in [1.807, 2.05) is 30.3 Å². The van der Waals surface area contributed by atoms with Crippen molar-refractivity contribution in [1.29, 1.82) is 0 Å². The van der Waals surface area contributed by atoms with Gasteiger partial charge in [0.05, 0.1) is 11.4 Å². The van der Waals surface area contributed by atoms with E-state index in [4.69, 9.17) is 16.6 Å². The van der Waals surface area contributed by atoms with E-state index < -0.39 is 0 Å². The molecule has 162 valence electrons. The zero-order valence-corrected chi connectivity index (χ0v) is 18.6. The van der Waals surface area contributed by atoms with Crippen molar-refractivity contribution in [2.24, 2.45) is 0 Å². The molecule has 1 atom stereocenters. The predicted octanol–water partition coefficient (Wildman–Crippen LogP) is 6.02. The molecule has 4 nitrogen and oxygen atoms in total. The minimum absolute atomic E-state index is 0.245. The molecule has 0 amide bonds. The van der Waals surface area contributed by atoms with Gasteiger partial charge in [-0.05, 0) is 61.5 Å². The summed E-state index contributed by atoms with van der Waals surface area (Å²) in [6.07, 6.45) is 5.56. The van der Waals surface area contributed by atoms with Crippen LogP contribution >= 0.6 is 11.6 Å². The predicted molar refractivity (Wildman–Crippen MR) is 126 cm³/mol. The number of hydrogen-bond donors (Lipinski definition) is 0. The molecule has 0 N–H and O–H groups in total. The Morgan fingerprint density at radius 2 is 1.78 bits per heavy atom. The van der Waals surface area contributed by atoms with Gasteiger partial charge >= 0.3 is 0 Å². The zero-order chi connectivity index (χ0) is 22.1. The third kappa shape index (κ3) is 4.06. The molecule has 2 aromatic heterocycles. The number of halogens is 2. The zero-order valence-electron chi connectivity index (χ0n) is 17.9. The van der Waals surface area contributed by atoms with Crippen molar-refractivity contribution in [3.05, 3.63) is 95.3 Å². The number of benzene rings is 2. The molecule has 3 heterocycles. The minimum Gasteiger partial charge on any atom is -0.323 e. The summed E-state index contributed by atoms with van der Waals surface area (Å²) >= 11 is 6.38. The maximum Gasteiger partial charge on any atom is 0.123 e. The molecule has 32 heavy (non-hydrogen) atoms. The largest absolute Gasteiger partial charge is 0.323 e. The molecule has 1 aliphatic rings. The smallest absolute Gasteiger partial charge is 0.123 e. The van der Waals surface area contributed by atoms with Crippen LogP contribution in [0.4, 0.5) is 4.39 Å². The molecular weight excluding hydrogens is 423 g/mol. The summed E-state index contributed by atoms with van der Waals surface area (Å²) in [5.74, 6) is 0.831. The van der Waals surface area contributed by atoms with E-state index >= 15 is 0 Å². The van der Waals surface area contributed by atoms with E-state index in [1.165, 1.54) is 12.1 Å². The first-order chi connectivity index (χ1) is 15.6. The van der Waals surface area contributed by atoms with Crippen molar-refractivity contribution >= 4 is 11.6 Å². The normalized spacial score (nSPS) is 15.3. The van der Waals surface area contributed by atoms with Crippen LogP contribution in [-0.2, 0) is 13.0 Å². The molecule has 0 saturated heterocycles. The van der Waals surface area contributed by atoms with E-state index in [0.717, 1.165) is 64.9 Å². The Kier molecular flexibility index (Phi) is 5.77. The highest BCUT2D eigenvalue weighted by Crippen LogP contribution is 2.40. The highest BCUT2D eigenvalue weighted by molar-refractivity contribution is 6.31. The molecule has 5 rings (SSSR count). The van der Waals surface area contributed by atoms with Gasteiger partial charge in [-0.3, -0.25) is 4.98 Å². The first-order valence-electron chi connectivity index (χ1n) is 10.8. The van der Waals surface area contributed by atoms with E-state index in [0.29, 0.717) is 6.04 Å². The molecule has 0 radical (unpaired) electrons. The number of aryl methyl sites for hydroxylation is 1. The van der Waals surface area contributed by atoms with Crippen LogP contribution in [-0.4, -0.2) is 33.0 Å². The van der Waals surface area contributed by atoms with Gasteiger partial charge < -0.3 is 9.47 Å². The van der Waals surface area contributed by atoms with Gasteiger partial charge in [-0.15, -0.1) is 0 Å². The molecule has 0 aliphatic carbocycles. The Morgan fingerprint density at radius 3 is 2.53 bits per heavy atom. The second-order valence-electron chi connectivity index (χ2n) is 8.32. The lowest BCUT2D eigenvalue weighted by Crippen LogP contribution is -2.26. The summed E-state index contributed by atoms with van der Waals surface area (Å²) in [4.78, 5) is 11.5. The second-order valence-corrected chi connectivity index (χ2v) is 8.73. The van der Waals surface area contributed by atoms with Crippen molar-refractivity contribution < 1.29 is 4.39 Å². The van der Waals surface area contributed by atoms with Crippen LogP contribution in [0.3, 0.4) is 0 Å². The Morgan fingerprint density at radius 1 is 1.03 bits per heavy atom. The molecule has 0 fully saturated rings. The molecule has 4 aromatic rings. The maximum atomic E-state index is 13.6. The fourth-order valence-corrected chi connectivity index (χ4v) is 4.78. The topological polar surface area (TPSA) is 34.0 Å². The van der Waals surface area contributed by atoms with Gasteiger partial charge in [0.15, 0.2) is 0 Å². The van der Waals surface area contributed by atoms with Gasteiger partial charge in [0.25, 0.3) is 0 Å². The summed E-state index contributed by atoms with van der Waals surface area (Å²) in [6.45, 7) is 1.67. The number of aromatic nitrogens is 3. The standard InChI is InChI=1S/C26H24ClFN4/c1-31(16-20-4-2-3-5-23(20)27)17-22-10-11-24-30-25(18-6-8-21(28)9-7-18)26(32(22)24)19-12-14-29-15-13-19/h2-9,12-15,22H,10-11,16-17H2,1H3/t22-/m0/s1. The lowest BCUT2D eigenvalue weighted by atomic mass is 10.0. The fraction of sp³-hybridized carbons (Fsp3) is 0.231. The van der Waals surface area contributed by atoms with Crippen molar-refractivity contribution in [2.75, 3.05) is 13.6 Å². The average molecular weight is 447 g/mol. The lowest BCUT2D eigenvalue weighted by molar-refractivity contribution is 0.274. The molecule has 0 unspecified atom stereocenters. The Balaban J connectivity index is 1.50. The first kappa shape index (κ1) is 20.9. The summed E-state index contributed by atoms with van der Waals surface area (Å²) in [7, 11) is 2.13. The van der Waals surface area contributed by atoms with Crippen molar-refractivity contribution in [1.82, 2.24) is 19.4 Å². The quantitative estimate of drug-likeness (QED) is 0.363. The van der Waals surface area contributed by atoms with E-state index in [9.17, 15) is 4.39 Å². The molecular formula is C26H24ClFN4. The van der Waals surface area contributed by atoms with Crippen molar-refractivity contribution in [3.63, 3.8) is 0 Å². The number of nitrogens with zero attached hydrogens (tertiary/aromatic N) is 4. The third-order valence-electron chi connectivity index (χ3n) is 6.04. The number of fused-ring (bicyclic) bond motifs is 1. The molecule has 2 aromatic carbocycles. The van der Waals surface area contributed by atoms with E-state index in [1.54, 1.807) is 24.5 Å². The van der Waals surface area contributed by atoms with Crippen LogP contribution in [0.1, 0.15) is 23.9 Å². The Hall–Kier alpha value is -3.02. The molecule has 1 aliphatic heterocycles. The Bertz CT molecular complexity index is 1220. The van der Waals surface area contributed by atoms with Crippen LogP contribution < -0.4 is 0 Å². The Labute approximate surface area is 192 Å². The average Bonchev–Trinajstić information content (AvgIpc) is 3.36. The van der Waals surface area contributed by atoms with Crippen LogP contribution in [0.15, 0.2) is 73.1 Å². The van der Waals surface area contributed by atoms with Gasteiger partial charge in [0.1, 0.15) is 11.6 Å². The molecule has 0 spiro atoms. The van der Waals surface area contributed by atoms with Crippen molar-refractivity contribution in [3.8, 4) is 22.5 Å².